The van der Waals surface area contributed by atoms with Crippen LogP contribution in [0.5, 0.6) is 0 Å². The van der Waals surface area contributed by atoms with Gasteiger partial charge in [-0.25, -0.2) is 15.0 Å². The number of hydrogen-bond donors (Lipinski definition) is 3. The molecule has 2 atom stereocenters. The number of fused-ring (bicyclic) bond motifs is 1. The number of nitrogens with zero attached hydrogens (tertiary/aromatic N) is 4. The zero-order valence-corrected chi connectivity index (χ0v) is 17.3. The first-order valence-corrected chi connectivity index (χ1v) is 10.5. The van der Waals surface area contributed by atoms with Crippen LogP contribution in [0.4, 0.5) is 5.82 Å². The third kappa shape index (κ3) is 4.46. The molecule has 9 heteroatoms. The van der Waals surface area contributed by atoms with Gasteiger partial charge in [0.1, 0.15) is 5.82 Å². The van der Waals surface area contributed by atoms with Crippen LogP contribution in [-0.2, 0) is 4.74 Å². The van der Waals surface area contributed by atoms with Crippen LogP contribution >= 0.6 is 0 Å². The Kier molecular flexibility index (Phi) is 5.98. The topological polar surface area (TPSA) is 132 Å². The molecule has 1 aromatic heterocycles. The molecular formula is C21H29N7O2. The Hall–Kier alpha value is -2.94. The van der Waals surface area contributed by atoms with Gasteiger partial charge in [-0.15, -0.1) is 0 Å². The molecule has 2 unspecified atom stereocenters. The molecule has 0 radical (unpaired) electrons. The zero-order chi connectivity index (χ0) is 21.1. The fourth-order valence-electron chi connectivity index (χ4n) is 4.16. The molecule has 4 rings (SSSR count). The van der Waals surface area contributed by atoms with Crippen molar-refractivity contribution < 1.29 is 9.53 Å². The lowest BCUT2D eigenvalue weighted by Crippen LogP contribution is -2.41. The first kappa shape index (κ1) is 20.3. The summed E-state index contributed by atoms with van der Waals surface area (Å²) in [6, 6.07) is 5.99. The van der Waals surface area contributed by atoms with Gasteiger partial charge in [-0.1, -0.05) is 24.5 Å². The largest absolute Gasteiger partial charge is 0.378 e. The molecule has 1 aromatic carbocycles. The van der Waals surface area contributed by atoms with E-state index in [1.165, 1.54) is 0 Å². The number of carbonyl (C=O) groups is 1. The molecule has 0 spiro atoms. The number of guanidine groups is 1. The number of nitrogens with two attached hydrogens (primary N) is 2. The number of ether oxygens (including phenoxy) is 1. The second-order valence-electron chi connectivity index (χ2n) is 7.98. The van der Waals surface area contributed by atoms with E-state index in [1.54, 1.807) is 4.90 Å². The predicted molar refractivity (Wildman–Crippen MR) is 116 cm³/mol. The van der Waals surface area contributed by atoms with Gasteiger partial charge in [-0.05, 0) is 31.9 Å². The van der Waals surface area contributed by atoms with E-state index in [0.29, 0.717) is 32.1 Å². The summed E-state index contributed by atoms with van der Waals surface area (Å²) in [5.41, 5.74) is 13.1. The van der Waals surface area contributed by atoms with Gasteiger partial charge in [0.15, 0.2) is 5.96 Å². The van der Waals surface area contributed by atoms with Crippen LogP contribution in [0.25, 0.3) is 10.9 Å². The summed E-state index contributed by atoms with van der Waals surface area (Å²) >= 11 is 0. The molecule has 0 bridgehead atoms. The fraction of sp³-hybridized carbons (Fsp3) is 0.524. The SMILES string of the molecule is Cc1ccc2nc(C(=O)N3CCOCC3)nc(NC3CCCCC3N=C(N)N)c2c1. The summed E-state index contributed by atoms with van der Waals surface area (Å²) in [4.78, 5) is 28.4. The van der Waals surface area contributed by atoms with Gasteiger partial charge in [0.05, 0.1) is 30.8 Å². The van der Waals surface area contributed by atoms with Crippen molar-refractivity contribution in [2.24, 2.45) is 16.5 Å². The molecule has 5 N–H and O–H groups in total. The first-order valence-electron chi connectivity index (χ1n) is 10.5. The van der Waals surface area contributed by atoms with Crippen LogP contribution < -0.4 is 16.8 Å². The minimum Gasteiger partial charge on any atom is -0.378 e. The van der Waals surface area contributed by atoms with Crippen molar-refractivity contribution in [1.82, 2.24) is 14.9 Å². The van der Waals surface area contributed by atoms with Crippen molar-refractivity contribution in [3.05, 3.63) is 29.6 Å². The standard InChI is InChI=1S/C21H29N7O2/c1-13-6-7-15-14(12-13)18(25-16-4-2-3-5-17(16)26-21(22)23)27-19(24-15)20(29)28-8-10-30-11-9-28/h6-7,12,16-17H,2-5,8-11H2,1H3,(H4,22,23,26)(H,24,25,27). The summed E-state index contributed by atoms with van der Waals surface area (Å²) in [7, 11) is 0. The van der Waals surface area contributed by atoms with Crippen LogP contribution in [0.15, 0.2) is 23.2 Å². The predicted octanol–water partition coefficient (Wildman–Crippen LogP) is 1.41. The van der Waals surface area contributed by atoms with E-state index in [2.05, 4.69) is 20.3 Å². The van der Waals surface area contributed by atoms with E-state index in [0.717, 1.165) is 42.1 Å². The molecule has 30 heavy (non-hydrogen) atoms. The number of amides is 1. The van der Waals surface area contributed by atoms with Crippen LogP contribution in [-0.4, -0.2) is 65.1 Å². The number of aliphatic imine (C=N–C) groups is 1. The Bertz CT molecular complexity index is 952. The minimum atomic E-state index is -0.173. The Morgan fingerprint density at radius 2 is 1.97 bits per heavy atom. The average molecular weight is 412 g/mol. The Labute approximate surface area is 175 Å². The maximum Gasteiger partial charge on any atom is 0.291 e. The van der Waals surface area contributed by atoms with E-state index in [1.807, 2.05) is 25.1 Å². The summed E-state index contributed by atoms with van der Waals surface area (Å²) in [6.45, 7) is 4.19. The molecular weight excluding hydrogens is 382 g/mol. The summed E-state index contributed by atoms with van der Waals surface area (Å²) in [5.74, 6) is 0.779. The second-order valence-corrected chi connectivity index (χ2v) is 7.98. The average Bonchev–Trinajstić information content (AvgIpc) is 2.75. The van der Waals surface area contributed by atoms with E-state index < -0.39 is 0 Å². The molecule has 160 valence electrons. The van der Waals surface area contributed by atoms with Gasteiger partial charge in [-0.2, -0.15) is 0 Å². The maximum absolute atomic E-state index is 13.0. The van der Waals surface area contributed by atoms with Crippen molar-refractivity contribution in [2.75, 3.05) is 31.6 Å². The van der Waals surface area contributed by atoms with Crippen LogP contribution in [0.3, 0.4) is 0 Å². The van der Waals surface area contributed by atoms with E-state index >= 15 is 0 Å². The van der Waals surface area contributed by atoms with Crippen LogP contribution in [0, 0.1) is 6.92 Å². The number of nitrogens with one attached hydrogen (secondary N) is 1. The van der Waals surface area contributed by atoms with Gasteiger partial charge < -0.3 is 26.4 Å². The third-order valence-electron chi connectivity index (χ3n) is 5.71. The molecule has 2 heterocycles. The number of morpholine rings is 1. The number of hydrogen-bond acceptors (Lipinski definition) is 6. The third-order valence-corrected chi connectivity index (χ3v) is 5.71. The molecule has 2 aromatic rings. The Morgan fingerprint density at radius 1 is 1.20 bits per heavy atom. The number of rotatable bonds is 4. The number of benzene rings is 1. The van der Waals surface area contributed by atoms with Crippen molar-refractivity contribution >= 4 is 28.6 Å². The van der Waals surface area contributed by atoms with Gasteiger partial charge >= 0.3 is 0 Å². The zero-order valence-electron chi connectivity index (χ0n) is 17.3. The number of aryl methyl sites for hydroxylation is 1. The van der Waals surface area contributed by atoms with Crippen molar-refractivity contribution in [1.29, 1.82) is 0 Å². The van der Waals surface area contributed by atoms with E-state index in [-0.39, 0.29) is 29.8 Å². The fourth-order valence-corrected chi connectivity index (χ4v) is 4.16. The lowest BCUT2D eigenvalue weighted by molar-refractivity contribution is 0.0295. The lowest BCUT2D eigenvalue weighted by Gasteiger charge is -2.30. The molecule has 9 nitrogen and oxygen atoms in total. The van der Waals surface area contributed by atoms with Crippen molar-refractivity contribution in [2.45, 2.75) is 44.7 Å². The van der Waals surface area contributed by atoms with Gasteiger partial charge in [-0.3, -0.25) is 4.79 Å². The monoisotopic (exact) mass is 411 g/mol. The molecule has 1 amide bonds. The second kappa shape index (κ2) is 8.83. The summed E-state index contributed by atoms with van der Waals surface area (Å²) < 4.78 is 5.36. The maximum atomic E-state index is 13.0. The highest BCUT2D eigenvalue weighted by Gasteiger charge is 2.27. The summed E-state index contributed by atoms with van der Waals surface area (Å²) in [5, 5.41) is 4.43. The van der Waals surface area contributed by atoms with Gasteiger partial charge in [0.25, 0.3) is 5.91 Å². The number of aromatic nitrogens is 2. The van der Waals surface area contributed by atoms with Crippen LogP contribution in [0.2, 0.25) is 0 Å². The van der Waals surface area contributed by atoms with Crippen molar-refractivity contribution in [3.8, 4) is 0 Å². The Morgan fingerprint density at radius 3 is 2.73 bits per heavy atom. The highest BCUT2D eigenvalue weighted by Crippen LogP contribution is 2.28. The minimum absolute atomic E-state index is 0.0167. The molecule has 2 fully saturated rings. The highest BCUT2D eigenvalue weighted by atomic mass is 16.5. The van der Waals surface area contributed by atoms with E-state index in [4.69, 9.17) is 16.2 Å². The van der Waals surface area contributed by atoms with E-state index in [9.17, 15) is 4.79 Å². The summed E-state index contributed by atoms with van der Waals surface area (Å²) in [6.07, 6.45) is 4.03. The molecule has 1 saturated carbocycles. The quantitative estimate of drug-likeness (QED) is 0.512. The normalized spacial score (nSPS) is 22.0. The highest BCUT2D eigenvalue weighted by molar-refractivity contribution is 5.96. The number of carbonyl (C=O) groups excluding carboxylic acids is 1. The van der Waals surface area contributed by atoms with Gasteiger partial charge in [0.2, 0.25) is 5.82 Å². The molecule has 1 aliphatic heterocycles. The lowest BCUT2D eigenvalue weighted by atomic mass is 9.90. The van der Waals surface area contributed by atoms with Gasteiger partial charge in [0, 0.05) is 18.5 Å². The molecule has 1 saturated heterocycles. The molecule has 1 aliphatic carbocycles. The molecule has 2 aliphatic rings. The van der Waals surface area contributed by atoms with Crippen LogP contribution in [0.1, 0.15) is 41.9 Å². The Balaban J connectivity index is 1.70. The van der Waals surface area contributed by atoms with Crippen molar-refractivity contribution in [3.63, 3.8) is 0 Å². The number of anilines is 1. The smallest absolute Gasteiger partial charge is 0.291 e. The first-order chi connectivity index (χ1) is 14.5.